The van der Waals surface area contributed by atoms with Gasteiger partial charge in [0, 0.05) is 12.5 Å². The van der Waals surface area contributed by atoms with Gasteiger partial charge in [0.15, 0.2) is 0 Å². The summed E-state index contributed by atoms with van der Waals surface area (Å²) >= 11 is 0. The summed E-state index contributed by atoms with van der Waals surface area (Å²) < 4.78 is 5.03. The van der Waals surface area contributed by atoms with Gasteiger partial charge in [-0.05, 0) is 29.4 Å². The number of esters is 1. The van der Waals surface area contributed by atoms with Gasteiger partial charge in [-0.1, -0.05) is 38.1 Å². The van der Waals surface area contributed by atoms with Crippen molar-refractivity contribution in [2.24, 2.45) is 0 Å². The Kier molecular flexibility index (Phi) is 3.09. The number of cyclic esters (lactones) is 1. The van der Waals surface area contributed by atoms with Crippen molar-refractivity contribution in [2.75, 3.05) is 6.61 Å². The molecule has 1 aromatic carbocycles. The zero-order valence-electron chi connectivity index (χ0n) is 11.6. The third-order valence-electron chi connectivity index (χ3n) is 4.46. The molecule has 0 radical (unpaired) electrons. The number of fused-ring (bicyclic) bond motifs is 1. The first-order valence-corrected chi connectivity index (χ1v) is 7.10. The summed E-state index contributed by atoms with van der Waals surface area (Å²) in [6.45, 7) is 5.15. The smallest absolute Gasteiger partial charge is 0.323 e. The van der Waals surface area contributed by atoms with Crippen molar-refractivity contribution in [1.29, 1.82) is 0 Å². The molecule has 2 unspecified atom stereocenters. The third kappa shape index (κ3) is 2.27. The quantitative estimate of drug-likeness (QED) is 0.830. The molecule has 2 aliphatic rings. The predicted octanol–water partition coefficient (Wildman–Crippen LogP) is 2.70. The molecule has 0 saturated carbocycles. The van der Waals surface area contributed by atoms with E-state index in [0.717, 1.165) is 19.3 Å². The predicted molar refractivity (Wildman–Crippen MR) is 73.9 cm³/mol. The maximum absolute atomic E-state index is 11.6. The summed E-state index contributed by atoms with van der Waals surface area (Å²) in [6.07, 6.45) is 3.01. The molecule has 1 aromatic rings. The largest absolute Gasteiger partial charge is 0.464 e. The fraction of sp³-hybridized carbons (Fsp3) is 0.562. The molecule has 1 aliphatic carbocycles. The van der Waals surface area contributed by atoms with Gasteiger partial charge >= 0.3 is 5.97 Å². The number of rotatable bonds is 2. The van der Waals surface area contributed by atoms with E-state index < -0.39 is 0 Å². The minimum absolute atomic E-state index is 0.0951. The Hall–Kier alpha value is -1.35. The molecule has 1 N–H and O–H groups in total. The number of hydrogen-bond donors (Lipinski definition) is 1. The zero-order valence-corrected chi connectivity index (χ0v) is 11.6. The van der Waals surface area contributed by atoms with Crippen LogP contribution in [-0.2, 0) is 14.9 Å². The SMILES string of the molecule is CC1(C)CCC(NC2CCOC2=O)c2ccccc21. The van der Waals surface area contributed by atoms with Gasteiger partial charge in [-0.15, -0.1) is 0 Å². The molecule has 0 bridgehead atoms. The summed E-state index contributed by atoms with van der Waals surface area (Å²) in [5.41, 5.74) is 2.98. The molecule has 102 valence electrons. The molecular weight excluding hydrogens is 238 g/mol. The molecule has 1 saturated heterocycles. The normalized spacial score (nSPS) is 28.8. The van der Waals surface area contributed by atoms with Crippen LogP contribution in [0.2, 0.25) is 0 Å². The maximum atomic E-state index is 11.6. The van der Waals surface area contributed by atoms with Crippen molar-refractivity contribution in [3.8, 4) is 0 Å². The molecule has 1 heterocycles. The van der Waals surface area contributed by atoms with E-state index in [2.05, 4.69) is 43.4 Å². The molecule has 1 fully saturated rings. The second kappa shape index (κ2) is 4.64. The highest BCUT2D eigenvalue weighted by molar-refractivity contribution is 5.77. The van der Waals surface area contributed by atoms with Crippen LogP contribution in [0.3, 0.4) is 0 Å². The Morgan fingerprint density at radius 3 is 2.74 bits per heavy atom. The van der Waals surface area contributed by atoms with E-state index in [4.69, 9.17) is 4.74 Å². The minimum Gasteiger partial charge on any atom is -0.464 e. The lowest BCUT2D eigenvalue weighted by Crippen LogP contribution is -2.40. The Morgan fingerprint density at radius 2 is 2.00 bits per heavy atom. The Morgan fingerprint density at radius 1 is 1.21 bits per heavy atom. The lowest BCUT2D eigenvalue weighted by atomic mass is 9.71. The number of carbonyl (C=O) groups excluding carboxylic acids is 1. The number of benzene rings is 1. The van der Waals surface area contributed by atoms with Gasteiger partial charge < -0.3 is 4.74 Å². The molecule has 3 rings (SSSR count). The second-order valence-corrected chi connectivity index (χ2v) is 6.24. The van der Waals surface area contributed by atoms with Crippen LogP contribution < -0.4 is 5.32 Å². The van der Waals surface area contributed by atoms with Crippen LogP contribution in [0.4, 0.5) is 0 Å². The fourth-order valence-electron chi connectivity index (χ4n) is 3.28. The van der Waals surface area contributed by atoms with Crippen molar-refractivity contribution < 1.29 is 9.53 Å². The van der Waals surface area contributed by atoms with Crippen molar-refractivity contribution in [3.63, 3.8) is 0 Å². The van der Waals surface area contributed by atoms with Crippen molar-refractivity contribution in [2.45, 2.75) is 50.6 Å². The van der Waals surface area contributed by atoms with Crippen LogP contribution in [-0.4, -0.2) is 18.6 Å². The van der Waals surface area contributed by atoms with E-state index in [9.17, 15) is 4.79 Å². The summed E-state index contributed by atoms with van der Waals surface area (Å²) in [5.74, 6) is -0.0951. The van der Waals surface area contributed by atoms with Gasteiger partial charge in [0.25, 0.3) is 0 Å². The van der Waals surface area contributed by atoms with E-state index in [1.54, 1.807) is 0 Å². The van der Waals surface area contributed by atoms with Gasteiger partial charge in [0.2, 0.25) is 0 Å². The monoisotopic (exact) mass is 259 g/mol. The third-order valence-corrected chi connectivity index (χ3v) is 4.46. The van der Waals surface area contributed by atoms with Gasteiger partial charge in [0.1, 0.15) is 6.04 Å². The summed E-state index contributed by atoms with van der Waals surface area (Å²) in [4.78, 5) is 11.6. The topological polar surface area (TPSA) is 38.3 Å². The molecule has 2 atom stereocenters. The minimum atomic E-state index is -0.126. The Balaban J connectivity index is 1.86. The first-order chi connectivity index (χ1) is 9.08. The Bertz CT molecular complexity index is 495. The molecule has 0 amide bonds. The van der Waals surface area contributed by atoms with Gasteiger partial charge in [-0.25, -0.2) is 0 Å². The van der Waals surface area contributed by atoms with E-state index in [0.29, 0.717) is 6.61 Å². The zero-order chi connectivity index (χ0) is 13.5. The number of hydrogen-bond acceptors (Lipinski definition) is 3. The van der Waals surface area contributed by atoms with Crippen LogP contribution in [0.5, 0.6) is 0 Å². The fourth-order valence-corrected chi connectivity index (χ4v) is 3.28. The molecule has 3 heteroatoms. The average molecular weight is 259 g/mol. The lowest BCUT2D eigenvalue weighted by molar-refractivity contribution is -0.139. The highest BCUT2D eigenvalue weighted by atomic mass is 16.5. The average Bonchev–Trinajstić information content (AvgIpc) is 2.79. The number of ether oxygens (including phenoxy) is 1. The maximum Gasteiger partial charge on any atom is 0.323 e. The highest BCUT2D eigenvalue weighted by Crippen LogP contribution is 2.41. The van der Waals surface area contributed by atoms with Gasteiger partial charge in [0.05, 0.1) is 6.61 Å². The van der Waals surface area contributed by atoms with Gasteiger partial charge in [-0.3, -0.25) is 10.1 Å². The molecule has 3 nitrogen and oxygen atoms in total. The van der Waals surface area contributed by atoms with Crippen LogP contribution in [0.1, 0.15) is 50.3 Å². The van der Waals surface area contributed by atoms with Crippen LogP contribution in [0.25, 0.3) is 0 Å². The van der Waals surface area contributed by atoms with Crippen LogP contribution in [0, 0.1) is 0 Å². The van der Waals surface area contributed by atoms with E-state index >= 15 is 0 Å². The van der Waals surface area contributed by atoms with Gasteiger partial charge in [-0.2, -0.15) is 0 Å². The first-order valence-electron chi connectivity index (χ1n) is 7.10. The van der Waals surface area contributed by atoms with Crippen LogP contribution in [0.15, 0.2) is 24.3 Å². The van der Waals surface area contributed by atoms with E-state index in [1.807, 2.05) is 0 Å². The first kappa shape index (κ1) is 12.7. The van der Waals surface area contributed by atoms with Crippen LogP contribution >= 0.6 is 0 Å². The Labute approximate surface area is 114 Å². The molecule has 1 aliphatic heterocycles. The summed E-state index contributed by atoms with van der Waals surface area (Å²) in [7, 11) is 0. The molecule has 19 heavy (non-hydrogen) atoms. The number of nitrogens with one attached hydrogen (secondary N) is 1. The lowest BCUT2D eigenvalue weighted by Gasteiger charge is -2.38. The van der Waals surface area contributed by atoms with Crippen molar-refractivity contribution >= 4 is 5.97 Å². The molecule has 0 spiro atoms. The molecular formula is C16H21NO2. The van der Waals surface area contributed by atoms with Crippen molar-refractivity contribution in [3.05, 3.63) is 35.4 Å². The summed E-state index contributed by atoms with van der Waals surface area (Å²) in [5, 5.41) is 3.49. The number of carbonyl (C=O) groups is 1. The second-order valence-electron chi connectivity index (χ2n) is 6.24. The van der Waals surface area contributed by atoms with E-state index in [1.165, 1.54) is 11.1 Å². The van der Waals surface area contributed by atoms with Crippen molar-refractivity contribution in [1.82, 2.24) is 5.32 Å². The highest BCUT2D eigenvalue weighted by Gasteiger charge is 2.35. The van der Waals surface area contributed by atoms with E-state index in [-0.39, 0.29) is 23.5 Å². The summed E-state index contributed by atoms with van der Waals surface area (Å²) in [6, 6.07) is 8.75. The standard InChI is InChI=1S/C16H21NO2/c1-16(2)9-7-13(11-5-3-4-6-12(11)16)17-14-8-10-19-15(14)18/h3-6,13-14,17H,7-10H2,1-2H3. The molecule has 0 aromatic heterocycles.